The Kier molecular flexibility index (Phi) is 2.75. The van der Waals surface area contributed by atoms with E-state index in [1.54, 1.807) is 5.57 Å². The highest BCUT2D eigenvalue weighted by atomic mass is 14.3. The highest BCUT2D eigenvalue weighted by Gasteiger charge is 2.27. The second kappa shape index (κ2) is 3.42. The lowest BCUT2D eigenvalue weighted by Gasteiger charge is -2.11. The zero-order chi connectivity index (χ0) is 8.43. The van der Waals surface area contributed by atoms with Crippen molar-refractivity contribution >= 4 is 0 Å². The molecule has 1 fully saturated rings. The second-order valence-electron chi connectivity index (χ2n) is 4.34. The lowest BCUT2D eigenvalue weighted by Crippen LogP contribution is -1.98. The summed E-state index contributed by atoms with van der Waals surface area (Å²) in [6, 6.07) is 0. The van der Waals surface area contributed by atoms with Gasteiger partial charge in [-0.2, -0.15) is 0 Å². The van der Waals surface area contributed by atoms with Crippen molar-refractivity contribution in [3.05, 3.63) is 11.6 Å². The third-order valence-electron chi connectivity index (χ3n) is 2.24. The second-order valence-corrected chi connectivity index (χ2v) is 4.34. The summed E-state index contributed by atoms with van der Waals surface area (Å²) in [5.41, 5.74) is 1.71. The van der Waals surface area contributed by atoms with E-state index in [1.165, 1.54) is 12.8 Å². The Morgan fingerprint density at radius 1 is 1.18 bits per heavy atom. The van der Waals surface area contributed by atoms with Crippen molar-refractivity contribution in [3.8, 4) is 0 Å². The van der Waals surface area contributed by atoms with Gasteiger partial charge in [0.2, 0.25) is 0 Å². The Morgan fingerprint density at radius 3 is 2.00 bits per heavy atom. The summed E-state index contributed by atoms with van der Waals surface area (Å²) in [6.45, 7) is 9.16. The van der Waals surface area contributed by atoms with Crippen LogP contribution < -0.4 is 0 Å². The average Bonchev–Trinajstić information content (AvgIpc) is 2.63. The van der Waals surface area contributed by atoms with Gasteiger partial charge in [0.15, 0.2) is 0 Å². The fourth-order valence-electron chi connectivity index (χ4n) is 1.60. The first-order valence-electron chi connectivity index (χ1n) is 4.83. The van der Waals surface area contributed by atoms with Gasteiger partial charge in [-0.3, -0.25) is 0 Å². The first-order chi connectivity index (χ1) is 5.11. The normalized spacial score (nSPS) is 20.0. The molecule has 0 heterocycles. The third-order valence-corrected chi connectivity index (χ3v) is 2.24. The Hall–Kier alpha value is -0.260. The molecule has 0 saturated heterocycles. The van der Waals surface area contributed by atoms with Gasteiger partial charge in [-0.1, -0.05) is 39.3 Å². The molecule has 1 aliphatic carbocycles. The van der Waals surface area contributed by atoms with Gasteiger partial charge >= 0.3 is 0 Å². The summed E-state index contributed by atoms with van der Waals surface area (Å²) in [5.74, 6) is 2.45. The lowest BCUT2D eigenvalue weighted by molar-refractivity contribution is 0.677. The molecule has 0 radical (unpaired) electrons. The van der Waals surface area contributed by atoms with E-state index in [2.05, 4.69) is 33.8 Å². The van der Waals surface area contributed by atoms with Crippen LogP contribution in [-0.4, -0.2) is 0 Å². The van der Waals surface area contributed by atoms with E-state index in [-0.39, 0.29) is 0 Å². The fraction of sp³-hybridized carbons (Fsp3) is 0.818. The molecule has 0 aliphatic heterocycles. The highest BCUT2D eigenvalue weighted by molar-refractivity contribution is 5.15. The number of hydrogen-bond acceptors (Lipinski definition) is 0. The van der Waals surface area contributed by atoms with Crippen LogP contribution in [-0.2, 0) is 0 Å². The van der Waals surface area contributed by atoms with E-state index in [1.807, 2.05) is 0 Å². The SMILES string of the molecule is CC(C)/C=C(/C(C)C)C1CC1. The summed E-state index contributed by atoms with van der Waals surface area (Å²) in [4.78, 5) is 0. The molecule has 0 nitrogen and oxygen atoms in total. The van der Waals surface area contributed by atoms with Crippen molar-refractivity contribution in [2.24, 2.45) is 17.8 Å². The highest BCUT2D eigenvalue weighted by Crippen LogP contribution is 2.40. The zero-order valence-corrected chi connectivity index (χ0v) is 8.22. The van der Waals surface area contributed by atoms with Crippen molar-refractivity contribution < 1.29 is 0 Å². The summed E-state index contributed by atoms with van der Waals surface area (Å²) < 4.78 is 0. The monoisotopic (exact) mass is 152 g/mol. The van der Waals surface area contributed by atoms with Gasteiger partial charge in [0.25, 0.3) is 0 Å². The fourth-order valence-corrected chi connectivity index (χ4v) is 1.60. The average molecular weight is 152 g/mol. The van der Waals surface area contributed by atoms with Crippen LogP contribution in [0.5, 0.6) is 0 Å². The summed E-state index contributed by atoms with van der Waals surface area (Å²) in [7, 11) is 0. The summed E-state index contributed by atoms with van der Waals surface area (Å²) in [5, 5.41) is 0. The van der Waals surface area contributed by atoms with Crippen molar-refractivity contribution in [1.82, 2.24) is 0 Å². The zero-order valence-electron chi connectivity index (χ0n) is 8.22. The third kappa shape index (κ3) is 2.69. The minimum Gasteiger partial charge on any atom is -0.0822 e. The Balaban J connectivity index is 2.57. The van der Waals surface area contributed by atoms with Crippen LogP contribution in [0.4, 0.5) is 0 Å². The van der Waals surface area contributed by atoms with E-state index >= 15 is 0 Å². The Bertz CT molecular complexity index is 143. The molecule has 0 aromatic carbocycles. The molecule has 11 heavy (non-hydrogen) atoms. The van der Waals surface area contributed by atoms with Crippen LogP contribution >= 0.6 is 0 Å². The molecular formula is C11H20. The summed E-state index contributed by atoms with van der Waals surface area (Å²) >= 11 is 0. The largest absolute Gasteiger partial charge is 0.0822 e. The van der Waals surface area contributed by atoms with E-state index < -0.39 is 0 Å². The van der Waals surface area contributed by atoms with Crippen molar-refractivity contribution in [2.75, 3.05) is 0 Å². The molecule has 0 amide bonds. The molecule has 1 aliphatic rings. The van der Waals surface area contributed by atoms with Crippen LogP contribution in [0.3, 0.4) is 0 Å². The molecule has 0 unspecified atom stereocenters. The number of rotatable bonds is 3. The van der Waals surface area contributed by atoms with E-state index in [4.69, 9.17) is 0 Å². The molecule has 0 N–H and O–H groups in total. The van der Waals surface area contributed by atoms with Crippen LogP contribution in [0.25, 0.3) is 0 Å². The van der Waals surface area contributed by atoms with Gasteiger partial charge in [0, 0.05) is 0 Å². The maximum atomic E-state index is 2.46. The first kappa shape index (κ1) is 8.83. The molecule has 0 bridgehead atoms. The molecule has 1 rings (SSSR count). The maximum absolute atomic E-state index is 2.46. The Morgan fingerprint density at radius 2 is 1.73 bits per heavy atom. The van der Waals surface area contributed by atoms with Crippen LogP contribution in [0, 0.1) is 17.8 Å². The molecule has 1 saturated carbocycles. The van der Waals surface area contributed by atoms with E-state index in [0.717, 1.165) is 17.8 Å². The van der Waals surface area contributed by atoms with Crippen molar-refractivity contribution in [2.45, 2.75) is 40.5 Å². The smallest absolute Gasteiger partial charge is 0.0200 e. The molecule has 0 atom stereocenters. The molecule has 64 valence electrons. The van der Waals surface area contributed by atoms with Gasteiger partial charge in [0.05, 0.1) is 0 Å². The molecule has 0 aromatic rings. The molecule has 0 spiro atoms. The number of allylic oxidation sites excluding steroid dienone is 2. The van der Waals surface area contributed by atoms with Crippen molar-refractivity contribution in [1.29, 1.82) is 0 Å². The minimum absolute atomic E-state index is 0.730. The van der Waals surface area contributed by atoms with Gasteiger partial charge in [0.1, 0.15) is 0 Å². The first-order valence-corrected chi connectivity index (χ1v) is 4.83. The standard InChI is InChI=1S/C11H20/c1-8(2)7-11(9(3)4)10-5-6-10/h7-10H,5-6H2,1-4H3/b11-7-. The quantitative estimate of drug-likeness (QED) is 0.542. The lowest BCUT2D eigenvalue weighted by atomic mass is 9.95. The van der Waals surface area contributed by atoms with Crippen LogP contribution in [0.15, 0.2) is 11.6 Å². The molecule has 0 aromatic heterocycles. The van der Waals surface area contributed by atoms with E-state index in [9.17, 15) is 0 Å². The predicted molar refractivity (Wildman–Crippen MR) is 50.5 cm³/mol. The Labute approximate surface area is 70.7 Å². The van der Waals surface area contributed by atoms with Gasteiger partial charge in [-0.15, -0.1) is 0 Å². The topological polar surface area (TPSA) is 0 Å². The predicted octanol–water partition coefficient (Wildman–Crippen LogP) is 3.63. The molecular weight excluding hydrogens is 132 g/mol. The van der Waals surface area contributed by atoms with Crippen LogP contribution in [0.2, 0.25) is 0 Å². The van der Waals surface area contributed by atoms with Gasteiger partial charge in [-0.25, -0.2) is 0 Å². The molecule has 0 heteroatoms. The maximum Gasteiger partial charge on any atom is -0.0200 e. The number of hydrogen-bond donors (Lipinski definition) is 0. The van der Waals surface area contributed by atoms with E-state index in [0.29, 0.717) is 0 Å². The van der Waals surface area contributed by atoms with Crippen LogP contribution in [0.1, 0.15) is 40.5 Å². The summed E-state index contributed by atoms with van der Waals surface area (Å²) in [6.07, 6.45) is 5.34. The minimum atomic E-state index is 0.730. The van der Waals surface area contributed by atoms with Crippen molar-refractivity contribution in [3.63, 3.8) is 0 Å². The van der Waals surface area contributed by atoms with Gasteiger partial charge < -0.3 is 0 Å². The van der Waals surface area contributed by atoms with Gasteiger partial charge in [-0.05, 0) is 30.6 Å².